The zero-order chi connectivity index (χ0) is 11.4. The van der Waals surface area contributed by atoms with Crippen LogP contribution in [-0.2, 0) is 6.54 Å². The normalized spacial score (nSPS) is 15.1. The standard InChI is InChI=1S/C13H21N3/c1-2-8-16(10-11-5-6-11)13-12(9-14)4-3-7-15-13/h3-4,7,11H,2,5-6,8-10,14H2,1H3. The van der Waals surface area contributed by atoms with Crippen LogP contribution >= 0.6 is 0 Å². The molecule has 3 nitrogen and oxygen atoms in total. The van der Waals surface area contributed by atoms with Crippen molar-refractivity contribution >= 4 is 5.82 Å². The van der Waals surface area contributed by atoms with Crippen molar-refractivity contribution in [3.63, 3.8) is 0 Å². The van der Waals surface area contributed by atoms with Gasteiger partial charge in [0.25, 0.3) is 0 Å². The lowest BCUT2D eigenvalue weighted by atomic mass is 10.2. The summed E-state index contributed by atoms with van der Waals surface area (Å²) in [4.78, 5) is 6.90. The van der Waals surface area contributed by atoms with Gasteiger partial charge in [-0.25, -0.2) is 4.98 Å². The number of nitrogens with zero attached hydrogens (tertiary/aromatic N) is 2. The lowest BCUT2D eigenvalue weighted by Gasteiger charge is -2.25. The van der Waals surface area contributed by atoms with E-state index in [0.29, 0.717) is 6.54 Å². The second-order valence-corrected chi connectivity index (χ2v) is 4.58. The molecule has 1 aromatic heterocycles. The van der Waals surface area contributed by atoms with Gasteiger partial charge in [0.15, 0.2) is 0 Å². The molecule has 1 fully saturated rings. The van der Waals surface area contributed by atoms with Crippen LogP contribution in [0.25, 0.3) is 0 Å². The van der Waals surface area contributed by atoms with Gasteiger partial charge in [0, 0.05) is 31.4 Å². The van der Waals surface area contributed by atoms with E-state index < -0.39 is 0 Å². The summed E-state index contributed by atoms with van der Waals surface area (Å²) in [6.45, 7) is 5.03. The van der Waals surface area contributed by atoms with Crippen molar-refractivity contribution in [3.8, 4) is 0 Å². The highest BCUT2D eigenvalue weighted by molar-refractivity contribution is 5.46. The second kappa shape index (κ2) is 5.30. The fraction of sp³-hybridized carbons (Fsp3) is 0.615. The van der Waals surface area contributed by atoms with Crippen LogP contribution in [0.5, 0.6) is 0 Å². The van der Waals surface area contributed by atoms with Crippen LogP contribution < -0.4 is 10.6 Å². The quantitative estimate of drug-likeness (QED) is 0.797. The zero-order valence-electron chi connectivity index (χ0n) is 10.0. The molecule has 88 valence electrons. The second-order valence-electron chi connectivity index (χ2n) is 4.58. The van der Waals surface area contributed by atoms with E-state index in [1.807, 2.05) is 12.3 Å². The Morgan fingerprint density at radius 2 is 2.31 bits per heavy atom. The van der Waals surface area contributed by atoms with Gasteiger partial charge in [-0.05, 0) is 31.2 Å². The lowest BCUT2D eigenvalue weighted by Crippen LogP contribution is -2.28. The maximum absolute atomic E-state index is 5.76. The van der Waals surface area contributed by atoms with Gasteiger partial charge in [-0.15, -0.1) is 0 Å². The van der Waals surface area contributed by atoms with E-state index in [2.05, 4.69) is 22.9 Å². The summed E-state index contributed by atoms with van der Waals surface area (Å²) >= 11 is 0. The zero-order valence-corrected chi connectivity index (χ0v) is 10.0. The van der Waals surface area contributed by atoms with Crippen molar-refractivity contribution in [1.29, 1.82) is 0 Å². The first kappa shape index (κ1) is 11.4. The summed E-state index contributed by atoms with van der Waals surface area (Å²) in [6.07, 6.45) is 5.79. The summed E-state index contributed by atoms with van der Waals surface area (Å²) in [6, 6.07) is 4.05. The lowest BCUT2D eigenvalue weighted by molar-refractivity contribution is 0.694. The molecule has 16 heavy (non-hydrogen) atoms. The summed E-state index contributed by atoms with van der Waals surface area (Å²) in [7, 11) is 0. The van der Waals surface area contributed by atoms with Crippen LogP contribution in [0, 0.1) is 5.92 Å². The molecule has 1 aromatic rings. The fourth-order valence-electron chi connectivity index (χ4n) is 2.04. The predicted octanol–water partition coefficient (Wildman–Crippen LogP) is 2.17. The van der Waals surface area contributed by atoms with Crippen molar-refractivity contribution < 1.29 is 0 Å². The molecule has 0 saturated heterocycles. The Morgan fingerprint density at radius 1 is 1.50 bits per heavy atom. The first-order valence-electron chi connectivity index (χ1n) is 6.24. The Kier molecular flexibility index (Phi) is 3.78. The highest BCUT2D eigenvalue weighted by Crippen LogP contribution is 2.31. The van der Waals surface area contributed by atoms with E-state index in [4.69, 9.17) is 5.73 Å². The highest BCUT2D eigenvalue weighted by Gasteiger charge is 2.25. The third-order valence-corrected chi connectivity index (χ3v) is 3.06. The van der Waals surface area contributed by atoms with Crippen molar-refractivity contribution in [2.45, 2.75) is 32.7 Å². The van der Waals surface area contributed by atoms with Gasteiger partial charge in [-0.1, -0.05) is 13.0 Å². The van der Waals surface area contributed by atoms with E-state index in [1.54, 1.807) is 0 Å². The number of rotatable bonds is 6. The molecule has 0 bridgehead atoms. The largest absolute Gasteiger partial charge is 0.356 e. The van der Waals surface area contributed by atoms with Crippen LogP contribution in [0.1, 0.15) is 31.7 Å². The third kappa shape index (κ3) is 2.73. The first-order valence-corrected chi connectivity index (χ1v) is 6.24. The maximum atomic E-state index is 5.76. The van der Waals surface area contributed by atoms with Crippen LogP contribution in [0.4, 0.5) is 5.82 Å². The van der Waals surface area contributed by atoms with E-state index in [1.165, 1.54) is 12.8 Å². The SMILES string of the molecule is CCCN(CC1CC1)c1ncccc1CN. The van der Waals surface area contributed by atoms with Crippen molar-refractivity contribution in [1.82, 2.24) is 4.98 Å². The molecule has 1 aliphatic rings. The van der Waals surface area contributed by atoms with E-state index >= 15 is 0 Å². The van der Waals surface area contributed by atoms with Crippen LogP contribution in [-0.4, -0.2) is 18.1 Å². The molecule has 0 atom stereocenters. The number of hydrogen-bond acceptors (Lipinski definition) is 3. The van der Waals surface area contributed by atoms with Gasteiger partial charge in [-0.2, -0.15) is 0 Å². The summed E-state index contributed by atoms with van der Waals surface area (Å²) in [5.74, 6) is 1.98. The Bertz CT molecular complexity index is 334. The molecule has 1 heterocycles. The van der Waals surface area contributed by atoms with E-state index in [9.17, 15) is 0 Å². The third-order valence-electron chi connectivity index (χ3n) is 3.06. The minimum atomic E-state index is 0.577. The van der Waals surface area contributed by atoms with Gasteiger partial charge >= 0.3 is 0 Å². The highest BCUT2D eigenvalue weighted by atomic mass is 15.2. The monoisotopic (exact) mass is 219 g/mol. The van der Waals surface area contributed by atoms with Crippen molar-refractivity contribution in [3.05, 3.63) is 23.9 Å². The minimum absolute atomic E-state index is 0.577. The molecule has 2 rings (SSSR count). The van der Waals surface area contributed by atoms with Gasteiger partial charge in [-0.3, -0.25) is 0 Å². The molecule has 0 aliphatic heterocycles. The molecule has 0 radical (unpaired) electrons. The Balaban J connectivity index is 2.14. The van der Waals surface area contributed by atoms with Crippen molar-refractivity contribution in [2.24, 2.45) is 11.7 Å². The molecule has 0 unspecified atom stereocenters. The smallest absolute Gasteiger partial charge is 0.133 e. The Hall–Kier alpha value is -1.09. The Morgan fingerprint density at radius 3 is 2.94 bits per heavy atom. The molecule has 1 aliphatic carbocycles. The van der Waals surface area contributed by atoms with Crippen LogP contribution in [0.15, 0.2) is 18.3 Å². The maximum Gasteiger partial charge on any atom is 0.133 e. The summed E-state index contributed by atoms with van der Waals surface area (Å²) in [5.41, 5.74) is 6.93. The van der Waals surface area contributed by atoms with E-state index in [0.717, 1.165) is 36.8 Å². The molecule has 2 N–H and O–H groups in total. The molecule has 0 amide bonds. The number of nitrogens with two attached hydrogens (primary N) is 1. The van der Waals surface area contributed by atoms with Crippen LogP contribution in [0.3, 0.4) is 0 Å². The van der Waals surface area contributed by atoms with Crippen LogP contribution in [0.2, 0.25) is 0 Å². The number of hydrogen-bond donors (Lipinski definition) is 1. The average Bonchev–Trinajstić information content (AvgIpc) is 3.12. The number of aromatic nitrogens is 1. The molecule has 0 spiro atoms. The van der Waals surface area contributed by atoms with Gasteiger partial charge in [0.2, 0.25) is 0 Å². The predicted molar refractivity (Wildman–Crippen MR) is 67.4 cm³/mol. The average molecular weight is 219 g/mol. The number of anilines is 1. The van der Waals surface area contributed by atoms with Crippen molar-refractivity contribution in [2.75, 3.05) is 18.0 Å². The van der Waals surface area contributed by atoms with E-state index in [-0.39, 0.29) is 0 Å². The molecule has 0 aromatic carbocycles. The summed E-state index contributed by atoms with van der Waals surface area (Å²) in [5, 5.41) is 0. The fourth-order valence-corrected chi connectivity index (χ4v) is 2.04. The summed E-state index contributed by atoms with van der Waals surface area (Å²) < 4.78 is 0. The minimum Gasteiger partial charge on any atom is -0.356 e. The molecular weight excluding hydrogens is 198 g/mol. The molecular formula is C13H21N3. The number of pyridine rings is 1. The van der Waals surface area contributed by atoms with Gasteiger partial charge < -0.3 is 10.6 Å². The molecule has 1 saturated carbocycles. The van der Waals surface area contributed by atoms with Gasteiger partial charge in [0.1, 0.15) is 5.82 Å². The molecule has 3 heteroatoms. The Labute approximate surface area is 97.7 Å². The first-order chi connectivity index (χ1) is 7.85. The topological polar surface area (TPSA) is 42.2 Å². The van der Waals surface area contributed by atoms with Gasteiger partial charge in [0.05, 0.1) is 0 Å².